The van der Waals surface area contributed by atoms with Crippen LogP contribution in [0, 0.1) is 11.7 Å². The second kappa shape index (κ2) is 9.17. The first-order chi connectivity index (χ1) is 15.6. The molecule has 0 saturated carbocycles. The standard InChI is InChI=1S/C23H32FN7OS/c1-15(2)14-25-20(32)29-10-12-30(13-11-29)22-28-31-19(27-23(3,4)5)18(26-21(31)33-22)16-6-8-17(24)9-7-16/h6-9,15,27H,10-14H2,1-5H3,(H,25,32). The summed E-state index contributed by atoms with van der Waals surface area (Å²) in [5, 5.41) is 12.2. The van der Waals surface area contributed by atoms with Crippen LogP contribution in [-0.4, -0.2) is 63.8 Å². The van der Waals surface area contributed by atoms with Crippen LogP contribution in [0.5, 0.6) is 0 Å². The maximum atomic E-state index is 13.4. The van der Waals surface area contributed by atoms with Gasteiger partial charge in [-0.25, -0.2) is 14.2 Å². The largest absolute Gasteiger partial charge is 0.364 e. The summed E-state index contributed by atoms with van der Waals surface area (Å²) in [5.41, 5.74) is 1.38. The lowest BCUT2D eigenvalue weighted by Gasteiger charge is -2.34. The van der Waals surface area contributed by atoms with Gasteiger partial charge in [-0.05, 0) is 51.0 Å². The number of rotatable bonds is 5. The first-order valence-electron chi connectivity index (χ1n) is 11.3. The summed E-state index contributed by atoms with van der Waals surface area (Å²) in [4.78, 5) is 22.0. The van der Waals surface area contributed by atoms with Gasteiger partial charge in [0.1, 0.15) is 11.5 Å². The van der Waals surface area contributed by atoms with E-state index in [1.54, 1.807) is 12.1 Å². The van der Waals surface area contributed by atoms with Crippen LogP contribution >= 0.6 is 11.3 Å². The van der Waals surface area contributed by atoms with Crippen LogP contribution in [-0.2, 0) is 0 Å². The molecule has 1 aliphatic rings. The molecule has 4 rings (SSSR count). The summed E-state index contributed by atoms with van der Waals surface area (Å²) < 4.78 is 15.3. The Labute approximate surface area is 197 Å². The molecule has 2 amide bonds. The predicted octanol–water partition coefficient (Wildman–Crippen LogP) is 4.29. The molecule has 0 unspecified atom stereocenters. The molecule has 1 fully saturated rings. The van der Waals surface area contributed by atoms with Gasteiger partial charge in [0.05, 0.1) is 0 Å². The highest BCUT2D eigenvalue weighted by molar-refractivity contribution is 7.20. The number of aromatic nitrogens is 3. The monoisotopic (exact) mass is 473 g/mol. The van der Waals surface area contributed by atoms with Crippen molar-refractivity contribution >= 4 is 33.3 Å². The van der Waals surface area contributed by atoms with E-state index in [-0.39, 0.29) is 17.4 Å². The van der Waals surface area contributed by atoms with Crippen molar-refractivity contribution in [3.05, 3.63) is 30.1 Å². The SMILES string of the molecule is CC(C)CNC(=O)N1CCN(c2nn3c(NC(C)(C)C)c(-c4ccc(F)cc4)nc3s2)CC1. The number of hydrogen-bond acceptors (Lipinski definition) is 6. The third-order valence-electron chi connectivity index (χ3n) is 5.30. The van der Waals surface area contributed by atoms with Crippen LogP contribution in [0.4, 0.5) is 20.1 Å². The first-order valence-corrected chi connectivity index (χ1v) is 12.1. The zero-order chi connectivity index (χ0) is 23.8. The van der Waals surface area contributed by atoms with E-state index >= 15 is 0 Å². The van der Waals surface area contributed by atoms with Crippen molar-refractivity contribution in [2.45, 2.75) is 40.2 Å². The summed E-state index contributed by atoms with van der Waals surface area (Å²) in [5.74, 6) is 0.943. The van der Waals surface area contributed by atoms with Gasteiger partial charge in [-0.1, -0.05) is 25.2 Å². The second-order valence-electron chi connectivity index (χ2n) is 9.82. The number of halogens is 1. The van der Waals surface area contributed by atoms with Crippen LogP contribution in [0.3, 0.4) is 0 Å². The summed E-state index contributed by atoms with van der Waals surface area (Å²) in [6.07, 6.45) is 0. The minimum Gasteiger partial charge on any atom is -0.364 e. The fraction of sp³-hybridized carbons (Fsp3) is 0.522. The minimum absolute atomic E-state index is 0.00195. The molecule has 3 heterocycles. The number of urea groups is 1. The number of anilines is 2. The van der Waals surface area contributed by atoms with E-state index in [1.165, 1.54) is 23.5 Å². The second-order valence-corrected chi connectivity index (χ2v) is 10.8. The normalized spacial score (nSPS) is 14.9. The molecule has 1 saturated heterocycles. The Morgan fingerprint density at radius 3 is 2.42 bits per heavy atom. The molecular formula is C23H32FN7OS. The number of carbonyl (C=O) groups is 1. The van der Waals surface area contributed by atoms with Crippen molar-refractivity contribution in [3.8, 4) is 11.3 Å². The lowest BCUT2D eigenvalue weighted by atomic mass is 10.1. The molecule has 0 aliphatic carbocycles. The molecule has 0 spiro atoms. The summed E-state index contributed by atoms with van der Waals surface area (Å²) in [7, 11) is 0. The van der Waals surface area contributed by atoms with Crippen LogP contribution in [0.2, 0.25) is 0 Å². The number of imidazole rings is 1. The van der Waals surface area contributed by atoms with E-state index in [0.29, 0.717) is 25.6 Å². The smallest absolute Gasteiger partial charge is 0.317 e. The quantitative estimate of drug-likeness (QED) is 0.578. The van der Waals surface area contributed by atoms with Crippen LogP contribution in [0.15, 0.2) is 24.3 Å². The summed E-state index contributed by atoms with van der Waals surface area (Å²) in [6.45, 7) is 13.8. The molecule has 178 valence electrons. The fourth-order valence-corrected chi connectivity index (χ4v) is 4.60. The average Bonchev–Trinajstić information content (AvgIpc) is 3.31. The molecule has 0 radical (unpaired) electrons. The third kappa shape index (κ3) is 5.38. The molecule has 1 aliphatic heterocycles. The average molecular weight is 474 g/mol. The highest BCUT2D eigenvalue weighted by atomic mass is 32.1. The van der Waals surface area contributed by atoms with E-state index in [4.69, 9.17) is 10.1 Å². The Morgan fingerprint density at radius 2 is 1.82 bits per heavy atom. The van der Waals surface area contributed by atoms with Gasteiger partial charge in [0.25, 0.3) is 0 Å². The van der Waals surface area contributed by atoms with E-state index in [0.717, 1.165) is 40.3 Å². The van der Waals surface area contributed by atoms with Crippen molar-refractivity contribution in [2.24, 2.45) is 5.92 Å². The van der Waals surface area contributed by atoms with Crippen molar-refractivity contribution < 1.29 is 9.18 Å². The molecule has 0 atom stereocenters. The molecule has 33 heavy (non-hydrogen) atoms. The van der Waals surface area contributed by atoms with Crippen molar-refractivity contribution in [3.63, 3.8) is 0 Å². The summed E-state index contributed by atoms with van der Waals surface area (Å²) in [6, 6.07) is 6.36. The van der Waals surface area contributed by atoms with Gasteiger partial charge in [0.15, 0.2) is 5.82 Å². The molecule has 10 heteroatoms. The number of nitrogens with zero attached hydrogens (tertiary/aromatic N) is 5. The number of amides is 2. The third-order valence-corrected chi connectivity index (χ3v) is 6.27. The number of nitrogens with one attached hydrogen (secondary N) is 2. The zero-order valence-electron chi connectivity index (χ0n) is 19.9. The number of benzene rings is 1. The van der Waals surface area contributed by atoms with E-state index in [1.807, 2.05) is 9.42 Å². The van der Waals surface area contributed by atoms with Crippen LogP contribution in [0.1, 0.15) is 34.6 Å². The van der Waals surface area contributed by atoms with Gasteiger partial charge >= 0.3 is 6.03 Å². The Morgan fingerprint density at radius 1 is 1.15 bits per heavy atom. The van der Waals surface area contributed by atoms with Gasteiger partial charge in [-0.3, -0.25) is 0 Å². The van der Waals surface area contributed by atoms with Gasteiger partial charge in [-0.15, -0.1) is 5.10 Å². The minimum atomic E-state index is -0.275. The Kier molecular flexibility index (Phi) is 6.47. The Bertz CT molecular complexity index is 1110. The Balaban J connectivity index is 1.55. The van der Waals surface area contributed by atoms with Crippen LogP contribution < -0.4 is 15.5 Å². The van der Waals surface area contributed by atoms with Gasteiger partial charge < -0.3 is 20.4 Å². The number of carbonyl (C=O) groups excluding carboxylic acids is 1. The maximum absolute atomic E-state index is 13.4. The fourth-order valence-electron chi connectivity index (χ4n) is 3.65. The van der Waals surface area contributed by atoms with E-state index in [9.17, 15) is 9.18 Å². The molecule has 3 aromatic rings. The van der Waals surface area contributed by atoms with Crippen molar-refractivity contribution in [2.75, 3.05) is 42.9 Å². The van der Waals surface area contributed by atoms with Crippen molar-refractivity contribution in [1.82, 2.24) is 24.8 Å². The lowest BCUT2D eigenvalue weighted by Crippen LogP contribution is -2.52. The molecule has 2 aromatic heterocycles. The van der Waals surface area contributed by atoms with Gasteiger partial charge in [0.2, 0.25) is 10.1 Å². The number of fused-ring (bicyclic) bond motifs is 1. The molecule has 2 N–H and O–H groups in total. The van der Waals surface area contributed by atoms with Crippen molar-refractivity contribution in [1.29, 1.82) is 0 Å². The topological polar surface area (TPSA) is 77.8 Å². The van der Waals surface area contributed by atoms with E-state index < -0.39 is 0 Å². The van der Waals surface area contributed by atoms with Gasteiger partial charge in [-0.2, -0.15) is 4.52 Å². The zero-order valence-corrected chi connectivity index (χ0v) is 20.7. The lowest BCUT2D eigenvalue weighted by molar-refractivity contribution is 0.193. The molecule has 1 aromatic carbocycles. The van der Waals surface area contributed by atoms with Crippen LogP contribution in [0.25, 0.3) is 16.2 Å². The Hall–Kier alpha value is -2.88. The first kappa shape index (κ1) is 23.3. The molecule has 0 bridgehead atoms. The van der Waals surface area contributed by atoms with Gasteiger partial charge in [0, 0.05) is 43.8 Å². The summed E-state index contributed by atoms with van der Waals surface area (Å²) >= 11 is 1.52. The molecule has 8 nitrogen and oxygen atoms in total. The maximum Gasteiger partial charge on any atom is 0.317 e. The highest BCUT2D eigenvalue weighted by Crippen LogP contribution is 2.35. The molecular weight excluding hydrogens is 441 g/mol. The van der Waals surface area contributed by atoms with E-state index in [2.05, 4.69) is 50.2 Å². The highest BCUT2D eigenvalue weighted by Gasteiger charge is 2.26. The predicted molar refractivity (Wildman–Crippen MR) is 132 cm³/mol. The number of piperazine rings is 1. The number of hydrogen-bond donors (Lipinski definition) is 2.